The summed E-state index contributed by atoms with van der Waals surface area (Å²) in [5.41, 5.74) is 0.430. The van der Waals surface area contributed by atoms with Crippen molar-refractivity contribution in [2.24, 2.45) is 0 Å². The van der Waals surface area contributed by atoms with E-state index in [2.05, 4.69) is 14.9 Å². The minimum absolute atomic E-state index is 0.245. The fourth-order valence-corrected chi connectivity index (χ4v) is 1.41. The number of carboxylic acids is 1. The van der Waals surface area contributed by atoms with Crippen LogP contribution in [0.15, 0.2) is 0 Å². The van der Waals surface area contributed by atoms with Crippen LogP contribution >= 0.6 is 11.5 Å². The molecule has 0 unspecified atom stereocenters. The van der Waals surface area contributed by atoms with Gasteiger partial charge in [0.1, 0.15) is 4.88 Å². The van der Waals surface area contributed by atoms with Gasteiger partial charge in [-0.25, -0.2) is 4.79 Å². The highest BCUT2D eigenvalue weighted by Crippen LogP contribution is 2.08. The maximum absolute atomic E-state index is 11.4. The molecule has 82 valence electrons. The molecular weight excluding hydrogens is 222 g/mol. The smallest absolute Gasteiger partial charge is 0.328 e. The second-order valence-electron chi connectivity index (χ2n) is 2.73. The molecule has 15 heavy (non-hydrogen) atoms. The summed E-state index contributed by atoms with van der Waals surface area (Å²) in [6.45, 7) is 0.930. The Morgan fingerprint density at radius 1 is 1.60 bits per heavy atom. The van der Waals surface area contributed by atoms with E-state index in [9.17, 15) is 9.59 Å². The molecule has 0 radical (unpaired) electrons. The van der Waals surface area contributed by atoms with Crippen LogP contribution in [0.3, 0.4) is 0 Å². The summed E-state index contributed by atoms with van der Waals surface area (Å²) >= 11 is 0.874. The number of carboxylic acid groups (broad SMARTS) is 1. The van der Waals surface area contributed by atoms with Crippen LogP contribution in [0.25, 0.3) is 0 Å². The fourth-order valence-electron chi connectivity index (χ4n) is 0.849. The Morgan fingerprint density at radius 2 is 2.27 bits per heavy atom. The molecule has 0 aliphatic carbocycles. The zero-order valence-electron chi connectivity index (χ0n) is 7.80. The van der Waals surface area contributed by atoms with Crippen molar-refractivity contribution in [3.63, 3.8) is 0 Å². The van der Waals surface area contributed by atoms with E-state index in [1.165, 1.54) is 0 Å². The van der Waals surface area contributed by atoms with Gasteiger partial charge in [0, 0.05) is 0 Å². The number of carbonyl (C=O) groups is 2. The number of nitrogens with one attached hydrogen (secondary N) is 1. The van der Waals surface area contributed by atoms with Gasteiger partial charge >= 0.3 is 5.97 Å². The molecule has 0 aliphatic rings. The van der Waals surface area contributed by atoms with Gasteiger partial charge in [-0.3, -0.25) is 4.79 Å². The molecule has 0 fully saturated rings. The predicted octanol–water partition coefficient (Wildman–Crippen LogP) is -0.978. The molecule has 0 bridgehead atoms. The van der Waals surface area contributed by atoms with Crippen molar-refractivity contribution in [1.29, 1.82) is 0 Å². The minimum atomic E-state index is -1.31. The van der Waals surface area contributed by atoms with Crippen LogP contribution in [0.4, 0.5) is 0 Å². The molecule has 1 aromatic rings. The first-order valence-electron chi connectivity index (χ1n) is 3.99. The second-order valence-corrected chi connectivity index (χ2v) is 3.49. The lowest BCUT2D eigenvalue weighted by atomic mass is 10.3. The Morgan fingerprint density at radius 3 is 2.67 bits per heavy atom. The van der Waals surface area contributed by atoms with Crippen LogP contribution in [0, 0.1) is 6.92 Å². The number of nitrogens with zero attached hydrogens (tertiary/aromatic N) is 2. The second kappa shape index (κ2) is 4.80. The largest absolute Gasteiger partial charge is 0.480 e. The van der Waals surface area contributed by atoms with Crippen LogP contribution in [-0.2, 0) is 4.79 Å². The van der Waals surface area contributed by atoms with E-state index in [-0.39, 0.29) is 4.88 Å². The molecule has 0 saturated carbocycles. The van der Waals surface area contributed by atoms with Gasteiger partial charge in [-0.2, -0.15) is 0 Å². The topological polar surface area (TPSA) is 112 Å². The Bertz CT molecular complexity index is 378. The van der Waals surface area contributed by atoms with Gasteiger partial charge < -0.3 is 15.5 Å². The number of aryl methyl sites for hydroxylation is 1. The van der Waals surface area contributed by atoms with E-state index < -0.39 is 24.5 Å². The predicted molar refractivity (Wildman–Crippen MR) is 50.6 cm³/mol. The van der Waals surface area contributed by atoms with Crippen molar-refractivity contribution in [1.82, 2.24) is 14.9 Å². The summed E-state index contributed by atoms with van der Waals surface area (Å²) in [4.78, 5) is 22.2. The molecule has 0 aromatic carbocycles. The third kappa shape index (κ3) is 2.70. The number of aromatic nitrogens is 2. The average Bonchev–Trinajstić information content (AvgIpc) is 2.60. The molecule has 8 heteroatoms. The van der Waals surface area contributed by atoms with Crippen molar-refractivity contribution in [3.8, 4) is 0 Å². The van der Waals surface area contributed by atoms with Crippen LogP contribution in [0.1, 0.15) is 15.4 Å². The fraction of sp³-hybridized carbons (Fsp3) is 0.429. The van der Waals surface area contributed by atoms with Gasteiger partial charge in [-0.15, -0.1) is 5.10 Å². The molecule has 0 spiro atoms. The normalized spacial score (nSPS) is 12.1. The minimum Gasteiger partial charge on any atom is -0.480 e. The number of hydrogen-bond donors (Lipinski definition) is 3. The summed E-state index contributed by atoms with van der Waals surface area (Å²) in [5, 5.41) is 23.0. The maximum Gasteiger partial charge on any atom is 0.328 e. The number of amides is 1. The zero-order valence-corrected chi connectivity index (χ0v) is 8.61. The molecule has 3 N–H and O–H groups in total. The Hall–Kier alpha value is -1.54. The van der Waals surface area contributed by atoms with Gasteiger partial charge in [-0.05, 0) is 18.5 Å². The zero-order chi connectivity index (χ0) is 11.4. The summed E-state index contributed by atoms with van der Waals surface area (Å²) in [7, 11) is 0. The van der Waals surface area contributed by atoms with Crippen LogP contribution in [0.5, 0.6) is 0 Å². The number of aliphatic carboxylic acids is 1. The number of rotatable bonds is 4. The molecular formula is C7H9N3O4S. The van der Waals surface area contributed by atoms with Gasteiger partial charge in [0.25, 0.3) is 5.91 Å². The van der Waals surface area contributed by atoms with Gasteiger partial charge in [0.05, 0.1) is 12.3 Å². The van der Waals surface area contributed by atoms with E-state index in [1.54, 1.807) is 6.92 Å². The lowest BCUT2D eigenvalue weighted by Gasteiger charge is -2.10. The summed E-state index contributed by atoms with van der Waals surface area (Å²) < 4.78 is 3.54. The van der Waals surface area contributed by atoms with Gasteiger partial charge in [-0.1, -0.05) is 4.49 Å². The molecule has 1 heterocycles. The highest BCUT2D eigenvalue weighted by atomic mass is 32.1. The molecule has 1 amide bonds. The van der Waals surface area contributed by atoms with E-state index in [4.69, 9.17) is 10.2 Å². The average molecular weight is 231 g/mol. The highest BCUT2D eigenvalue weighted by molar-refractivity contribution is 7.08. The highest BCUT2D eigenvalue weighted by Gasteiger charge is 2.21. The lowest BCUT2D eigenvalue weighted by Crippen LogP contribution is -2.43. The van der Waals surface area contributed by atoms with Crippen LogP contribution < -0.4 is 5.32 Å². The third-order valence-electron chi connectivity index (χ3n) is 1.64. The van der Waals surface area contributed by atoms with E-state index >= 15 is 0 Å². The molecule has 7 nitrogen and oxygen atoms in total. The number of aliphatic hydroxyl groups is 1. The van der Waals surface area contributed by atoms with Crippen molar-refractivity contribution < 1.29 is 19.8 Å². The first-order chi connectivity index (χ1) is 7.06. The van der Waals surface area contributed by atoms with Crippen LogP contribution in [-0.4, -0.2) is 44.3 Å². The Labute approximate surface area is 88.9 Å². The standard InChI is InChI=1S/C7H9N3O4S/c1-3-5(15-10-9-3)6(12)8-4(2-11)7(13)14/h4,11H,2H2,1H3,(H,8,12)(H,13,14)/t4-/m1/s1. The Balaban J connectivity index is 2.71. The SMILES string of the molecule is Cc1nnsc1C(=O)N[C@H](CO)C(=O)O. The molecule has 0 aliphatic heterocycles. The monoisotopic (exact) mass is 231 g/mol. The number of carbonyl (C=O) groups excluding carboxylic acids is 1. The first-order valence-corrected chi connectivity index (χ1v) is 4.77. The first kappa shape index (κ1) is 11.5. The number of hydrogen-bond acceptors (Lipinski definition) is 6. The molecule has 1 aromatic heterocycles. The van der Waals surface area contributed by atoms with Crippen LogP contribution in [0.2, 0.25) is 0 Å². The molecule has 1 rings (SSSR count). The van der Waals surface area contributed by atoms with Crippen molar-refractivity contribution in [3.05, 3.63) is 10.6 Å². The van der Waals surface area contributed by atoms with Gasteiger partial charge in [0.2, 0.25) is 0 Å². The lowest BCUT2D eigenvalue weighted by molar-refractivity contribution is -0.140. The van der Waals surface area contributed by atoms with Crippen molar-refractivity contribution in [2.75, 3.05) is 6.61 Å². The Kier molecular flexibility index (Phi) is 3.69. The number of aliphatic hydroxyl groups excluding tert-OH is 1. The van der Waals surface area contributed by atoms with Crippen molar-refractivity contribution in [2.45, 2.75) is 13.0 Å². The quantitative estimate of drug-likeness (QED) is 0.614. The van der Waals surface area contributed by atoms with E-state index in [0.29, 0.717) is 5.69 Å². The van der Waals surface area contributed by atoms with E-state index in [0.717, 1.165) is 11.5 Å². The van der Waals surface area contributed by atoms with E-state index in [1.807, 2.05) is 0 Å². The molecule has 0 saturated heterocycles. The summed E-state index contributed by atoms with van der Waals surface area (Å²) in [5.74, 6) is -1.88. The van der Waals surface area contributed by atoms with Crippen molar-refractivity contribution >= 4 is 23.4 Å². The maximum atomic E-state index is 11.4. The summed E-state index contributed by atoms with van der Waals surface area (Å²) in [6.07, 6.45) is 0. The third-order valence-corrected chi connectivity index (χ3v) is 2.47. The van der Waals surface area contributed by atoms with Gasteiger partial charge in [0.15, 0.2) is 6.04 Å². The summed E-state index contributed by atoms with van der Waals surface area (Å²) in [6, 6.07) is -1.31. The molecule has 1 atom stereocenters.